The van der Waals surface area contributed by atoms with E-state index in [1.807, 2.05) is 6.92 Å². The molecule has 1 rings (SSSR count). The van der Waals surface area contributed by atoms with Crippen LogP contribution in [0.1, 0.15) is 23.7 Å². The normalized spacial score (nSPS) is 11.3. The van der Waals surface area contributed by atoms with E-state index in [0.717, 1.165) is 6.42 Å². The van der Waals surface area contributed by atoms with E-state index in [9.17, 15) is 13.2 Å². The molecule has 0 bridgehead atoms. The fraction of sp³-hybridized carbons (Fsp3) is 0.364. The van der Waals surface area contributed by atoms with Gasteiger partial charge in [0.05, 0.1) is 15.5 Å². The number of benzene rings is 1. The van der Waals surface area contributed by atoms with Gasteiger partial charge in [0.25, 0.3) is 5.91 Å². The first-order valence-electron chi connectivity index (χ1n) is 5.43. The monoisotopic (exact) mass is 290 g/mol. The lowest BCUT2D eigenvalue weighted by Gasteiger charge is -2.08. The zero-order chi connectivity index (χ0) is 13.8. The smallest absolute Gasteiger partial charge is 0.252 e. The average molecular weight is 291 g/mol. The van der Waals surface area contributed by atoms with Gasteiger partial charge in [-0.2, -0.15) is 0 Å². The Morgan fingerprint density at radius 1 is 1.39 bits per heavy atom. The average Bonchev–Trinajstić information content (AvgIpc) is 2.36. The van der Waals surface area contributed by atoms with Crippen LogP contribution in [-0.4, -0.2) is 27.9 Å². The molecule has 1 aromatic rings. The standard InChI is InChI=1S/C11H15ClN2O3S/c1-3-6-14-11(15)9-7-8(4-5-10(9)12)18(16,17)13-2/h4-5,7,13H,3,6H2,1-2H3,(H,14,15). The molecule has 1 aromatic carbocycles. The molecule has 18 heavy (non-hydrogen) atoms. The van der Waals surface area contributed by atoms with Crippen LogP contribution in [-0.2, 0) is 10.0 Å². The number of sulfonamides is 1. The Hall–Kier alpha value is -1.11. The molecule has 0 aliphatic carbocycles. The van der Waals surface area contributed by atoms with Gasteiger partial charge in [0, 0.05) is 6.54 Å². The van der Waals surface area contributed by atoms with Crippen molar-refractivity contribution in [3.63, 3.8) is 0 Å². The number of carbonyl (C=O) groups excluding carboxylic acids is 1. The molecule has 0 saturated carbocycles. The fourth-order valence-corrected chi connectivity index (χ4v) is 2.26. The number of halogens is 1. The summed E-state index contributed by atoms with van der Waals surface area (Å²) in [6.07, 6.45) is 0.790. The molecule has 0 atom stereocenters. The third-order valence-electron chi connectivity index (χ3n) is 2.30. The van der Waals surface area contributed by atoms with Crippen molar-refractivity contribution in [2.45, 2.75) is 18.2 Å². The first-order valence-corrected chi connectivity index (χ1v) is 7.29. The van der Waals surface area contributed by atoms with Crippen molar-refractivity contribution in [2.75, 3.05) is 13.6 Å². The van der Waals surface area contributed by atoms with Crippen molar-refractivity contribution in [3.8, 4) is 0 Å². The van der Waals surface area contributed by atoms with Gasteiger partial charge in [-0.15, -0.1) is 0 Å². The van der Waals surface area contributed by atoms with Crippen LogP contribution in [0.3, 0.4) is 0 Å². The predicted octanol–water partition coefficient (Wildman–Crippen LogP) is 1.39. The number of hydrogen-bond acceptors (Lipinski definition) is 3. The minimum absolute atomic E-state index is 0.0102. The second kappa shape index (κ2) is 6.17. The summed E-state index contributed by atoms with van der Waals surface area (Å²) >= 11 is 5.89. The van der Waals surface area contributed by atoms with Crippen LogP contribution >= 0.6 is 11.6 Å². The van der Waals surface area contributed by atoms with E-state index in [4.69, 9.17) is 11.6 Å². The Balaban J connectivity index is 3.13. The van der Waals surface area contributed by atoms with Crippen molar-refractivity contribution >= 4 is 27.5 Å². The van der Waals surface area contributed by atoms with Gasteiger partial charge in [-0.3, -0.25) is 4.79 Å². The number of hydrogen-bond donors (Lipinski definition) is 2. The van der Waals surface area contributed by atoms with Crippen molar-refractivity contribution in [1.29, 1.82) is 0 Å². The van der Waals surface area contributed by atoms with E-state index in [1.165, 1.54) is 25.2 Å². The van der Waals surface area contributed by atoms with Crippen LogP contribution in [0.15, 0.2) is 23.1 Å². The van der Waals surface area contributed by atoms with Crippen molar-refractivity contribution in [2.24, 2.45) is 0 Å². The van der Waals surface area contributed by atoms with Crippen molar-refractivity contribution < 1.29 is 13.2 Å². The second-order valence-electron chi connectivity index (χ2n) is 3.61. The van der Waals surface area contributed by atoms with E-state index in [1.54, 1.807) is 0 Å². The first kappa shape index (κ1) is 14.9. The lowest BCUT2D eigenvalue weighted by Crippen LogP contribution is -2.25. The molecule has 0 fully saturated rings. The van der Waals surface area contributed by atoms with Gasteiger partial charge in [0.1, 0.15) is 0 Å². The van der Waals surface area contributed by atoms with E-state index >= 15 is 0 Å². The molecule has 7 heteroatoms. The van der Waals surface area contributed by atoms with Gasteiger partial charge < -0.3 is 5.32 Å². The second-order valence-corrected chi connectivity index (χ2v) is 5.90. The molecule has 0 spiro atoms. The number of nitrogens with one attached hydrogen (secondary N) is 2. The van der Waals surface area contributed by atoms with Crippen LogP contribution < -0.4 is 10.0 Å². The zero-order valence-corrected chi connectivity index (χ0v) is 11.7. The van der Waals surface area contributed by atoms with E-state index < -0.39 is 10.0 Å². The van der Waals surface area contributed by atoms with Gasteiger partial charge in [-0.25, -0.2) is 13.1 Å². The summed E-state index contributed by atoms with van der Waals surface area (Å²) in [5, 5.41) is 2.87. The minimum atomic E-state index is -3.58. The topological polar surface area (TPSA) is 75.3 Å². The number of amides is 1. The molecule has 0 aliphatic rings. The summed E-state index contributed by atoms with van der Waals surface area (Å²) in [4.78, 5) is 11.8. The lowest BCUT2D eigenvalue weighted by molar-refractivity contribution is 0.0953. The summed E-state index contributed by atoms with van der Waals surface area (Å²) < 4.78 is 25.4. The molecule has 0 radical (unpaired) electrons. The van der Waals surface area contributed by atoms with Crippen LogP contribution in [0, 0.1) is 0 Å². The maximum Gasteiger partial charge on any atom is 0.252 e. The summed E-state index contributed by atoms with van der Waals surface area (Å²) in [5.74, 6) is -0.380. The van der Waals surface area contributed by atoms with Crippen LogP contribution in [0.25, 0.3) is 0 Å². The summed E-state index contributed by atoms with van der Waals surface area (Å²) in [6, 6.07) is 4.01. The van der Waals surface area contributed by atoms with Gasteiger partial charge in [0.15, 0.2) is 0 Å². The number of rotatable bonds is 5. The first-order chi connectivity index (χ1) is 8.42. The summed E-state index contributed by atoms with van der Waals surface area (Å²) in [5.41, 5.74) is 0.154. The van der Waals surface area contributed by atoms with E-state index in [0.29, 0.717) is 6.54 Å². The van der Waals surface area contributed by atoms with Crippen LogP contribution in [0.5, 0.6) is 0 Å². The summed E-state index contributed by atoms with van der Waals surface area (Å²) in [6.45, 7) is 2.43. The van der Waals surface area contributed by atoms with Gasteiger partial charge in [-0.1, -0.05) is 18.5 Å². The zero-order valence-electron chi connectivity index (χ0n) is 10.2. The highest BCUT2D eigenvalue weighted by atomic mass is 35.5. The quantitative estimate of drug-likeness (QED) is 0.860. The van der Waals surface area contributed by atoms with Gasteiger partial charge in [0.2, 0.25) is 10.0 Å². The molecule has 100 valence electrons. The maximum absolute atomic E-state index is 11.8. The highest BCUT2D eigenvalue weighted by Crippen LogP contribution is 2.20. The maximum atomic E-state index is 11.8. The van der Waals surface area contributed by atoms with Crippen molar-refractivity contribution in [3.05, 3.63) is 28.8 Å². The minimum Gasteiger partial charge on any atom is -0.352 e. The number of carbonyl (C=O) groups is 1. The molecule has 0 saturated heterocycles. The molecule has 0 heterocycles. The Morgan fingerprint density at radius 2 is 2.06 bits per heavy atom. The SMILES string of the molecule is CCCNC(=O)c1cc(S(=O)(=O)NC)ccc1Cl. The Labute approximate surface area is 112 Å². The Bertz CT molecular complexity index is 543. The molecule has 1 amide bonds. The largest absolute Gasteiger partial charge is 0.352 e. The molecule has 0 aliphatic heterocycles. The highest BCUT2D eigenvalue weighted by Gasteiger charge is 2.16. The lowest BCUT2D eigenvalue weighted by atomic mass is 10.2. The predicted molar refractivity (Wildman–Crippen MR) is 70.3 cm³/mol. The third kappa shape index (κ3) is 3.44. The molecule has 2 N–H and O–H groups in total. The van der Waals surface area contributed by atoms with E-state index in [2.05, 4.69) is 10.0 Å². The van der Waals surface area contributed by atoms with Gasteiger partial charge >= 0.3 is 0 Å². The van der Waals surface area contributed by atoms with Crippen LogP contribution in [0.2, 0.25) is 5.02 Å². The fourth-order valence-electron chi connectivity index (χ4n) is 1.30. The molecular formula is C11H15ClN2O3S. The molecule has 5 nitrogen and oxygen atoms in total. The summed E-state index contributed by atoms with van der Waals surface area (Å²) in [7, 11) is -2.27. The Morgan fingerprint density at radius 3 is 2.61 bits per heavy atom. The van der Waals surface area contributed by atoms with Crippen LogP contribution in [0.4, 0.5) is 0 Å². The molecule has 0 unspecified atom stereocenters. The van der Waals surface area contributed by atoms with E-state index in [-0.39, 0.29) is 21.4 Å². The van der Waals surface area contributed by atoms with Crippen molar-refractivity contribution in [1.82, 2.24) is 10.0 Å². The molecule has 0 aromatic heterocycles. The Kier molecular flexibility index (Phi) is 5.13. The highest BCUT2D eigenvalue weighted by molar-refractivity contribution is 7.89. The molecular weight excluding hydrogens is 276 g/mol. The van der Waals surface area contributed by atoms with Gasteiger partial charge in [-0.05, 0) is 31.7 Å². The third-order valence-corrected chi connectivity index (χ3v) is 4.04.